The molecule has 0 aromatic heterocycles. The number of ether oxygens (including phenoxy) is 1. The number of methoxy groups -OCH3 is 1. The topological polar surface area (TPSA) is 33.0 Å². The molecule has 0 aliphatic heterocycles. The molecule has 1 aliphatic carbocycles. The zero-order valence-corrected chi connectivity index (χ0v) is 13.7. The molecule has 0 spiro atoms. The summed E-state index contributed by atoms with van der Waals surface area (Å²) < 4.78 is 5.48. The Bertz CT molecular complexity index is 324. The lowest BCUT2D eigenvalue weighted by molar-refractivity contribution is 0.00153. The van der Waals surface area contributed by atoms with Crippen LogP contribution >= 0.6 is 0 Å². The summed E-state index contributed by atoms with van der Waals surface area (Å²) in [5.74, 6) is 0.768. The molecule has 2 nitrogen and oxygen atoms in total. The van der Waals surface area contributed by atoms with Crippen LogP contribution in [0.15, 0.2) is 0 Å². The summed E-state index contributed by atoms with van der Waals surface area (Å²) in [6.45, 7) is 11.2. The molecule has 0 saturated heterocycles. The molecule has 2 heteroatoms. The first kappa shape index (κ1) is 16.5. The van der Waals surface area contributed by atoms with E-state index in [1.165, 1.54) is 12.8 Å². The molecule has 0 amide bonds. The molecule has 0 aromatic rings. The molecular weight excluding hydrogens is 234 g/mol. The first-order chi connectivity index (χ1) is 8.64. The Labute approximate surface area is 119 Å². The summed E-state index contributed by atoms with van der Waals surface area (Å²) in [6.07, 6.45) is 6.46. The van der Waals surface area contributed by atoms with Crippen molar-refractivity contribution in [3.8, 4) is 6.07 Å². The Morgan fingerprint density at radius 1 is 1.16 bits per heavy atom. The molecule has 1 rings (SSSR count). The highest BCUT2D eigenvalue weighted by atomic mass is 16.5. The van der Waals surface area contributed by atoms with Gasteiger partial charge in [-0.2, -0.15) is 5.26 Å². The second-order valence-electron chi connectivity index (χ2n) is 8.00. The van der Waals surface area contributed by atoms with Crippen molar-refractivity contribution in [2.24, 2.45) is 16.7 Å². The third kappa shape index (κ3) is 4.49. The predicted octanol–water partition coefficient (Wildman–Crippen LogP) is 4.94. The SMILES string of the molecule is COC(C)(C)CCC1(C#N)CCC(C(C)(C)C)CC1. The van der Waals surface area contributed by atoms with Crippen LogP contribution in [0, 0.1) is 28.1 Å². The van der Waals surface area contributed by atoms with E-state index in [-0.39, 0.29) is 11.0 Å². The van der Waals surface area contributed by atoms with Gasteiger partial charge in [0, 0.05) is 7.11 Å². The maximum Gasteiger partial charge on any atom is 0.0689 e. The molecule has 1 saturated carbocycles. The van der Waals surface area contributed by atoms with Crippen molar-refractivity contribution >= 4 is 0 Å². The lowest BCUT2D eigenvalue weighted by atomic mass is 9.63. The standard InChI is InChI=1S/C17H31NO/c1-15(2,3)14-7-9-17(13-18,10-8-14)12-11-16(4,5)19-6/h14H,7-12H2,1-6H3. The monoisotopic (exact) mass is 265 g/mol. The van der Waals surface area contributed by atoms with E-state index in [9.17, 15) is 5.26 Å². The van der Waals surface area contributed by atoms with Crippen LogP contribution < -0.4 is 0 Å². The Morgan fingerprint density at radius 2 is 1.68 bits per heavy atom. The van der Waals surface area contributed by atoms with Gasteiger partial charge in [-0.3, -0.25) is 0 Å². The fraction of sp³-hybridized carbons (Fsp3) is 0.941. The van der Waals surface area contributed by atoms with Crippen molar-refractivity contribution in [3.05, 3.63) is 0 Å². The van der Waals surface area contributed by atoms with Gasteiger partial charge in [0.1, 0.15) is 0 Å². The third-order valence-corrected chi connectivity index (χ3v) is 5.16. The molecule has 19 heavy (non-hydrogen) atoms. The van der Waals surface area contributed by atoms with Crippen LogP contribution in [0.3, 0.4) is 0 Å². The van der Waals surface area contributed by atoms with Crippen molar-refractivity contribution < 1.29 is 4.74 Å². The largest absolute Gasteiger partial charge is 0.379 e. The summed E-state index contributed by atoms with van der Waals surface area (Å²) >= 11 is 0. The number of nitriles is 1. The molecule has 0 unspecified atom stereocenters. The summed E-state index contributed by atoms with van der Waals surface area (Å²) in [5.41, 5.74) is 0.176. The van der Waals surface area contributed by atoms with Crippen molar-refractivity contribution in [1.82, 2.24) is 0 Å². The smallest absolute Gasteiger partial charge is 0.0689 e. The zero-order chi connectivity index (χ0) is 14.7. The van der Waals surface area contributed by atoms with Gasteiger partial charge in [-0.15, -0.1) is 0 Å². The summed E-state index contributed by atoms with van der Waals surface area (Å²) in [4.78, 5) is 0. The van der Waals surface area contributed by atoms with Crippen molar-refractivity contribution in [1.29, 1.82) is 5.26 Å². The summed E-state index contributed by atoms with van der Waals surface area (Å²) in [5, 5.41) is 9.61. The molecule has 0 heterocycles. The van der Waals surface area contributed by atoms with E-state index in [2.05, 4.69) is 40.7 Å². The fourth-order valence-corrected chi connectivity index (χ4v) is 3.10. The van der Waals surface area contributed by atoms with E-state index in [0.29, 0.717) is 5.41 Å². The minimum absolute atomic E-state index is 0.0997. The second-order valence-corrected chi connectivity index (χ2v) is 8.00. The van der Waals surface area contributed by atoms with Crippen LogP contribution in [0.1, 0.15) is 73.1 Å². The Morgan fingerprint density at radius 3 is 2.05 bits per heavy atom. The van der Waals surface area contributed by atoms with Crippen LogP contribution in [-0.2, 0) is 4.74 Å². The molecular formula is C17H31NO. The molecule has 0 N–H and O–H groups in total. The first-order valence-electron chi connectivity index (χ1n) is 7.61. The summed E-state index contributed by atoms with van der Waals surface area (Å²) in [6, 6.07) is 2.63. The minimum atomic E-state index is -0.106. The van der Waals surface area contributed by atoms with Crippen LogP contribution in [-0.4, -0.2) is 12.7 Å². The number of hydrogen-bond donors (Lipinski definition) is 0. The van der Waals surface area contributed by atoms with Crippen LogP contribution in [0.4, 0.5) is 0 Å². The van der Waals surface area contributed by atoms with Crippen LogP contribution in [0.5, 0.6) is 0 Å². The average Bonchev–Trinajstić information content (AvgIpc) is 2.36. The zero-order valence-electron chi connectivity index (χ0n) is 13.7. The normalized spacial score (nSPS) is 29.0. The van der Waals surface area contributed by atoms with Gasteiger partial charge in [-0.05, 0) is 63.7 Å². The van der Waals surface area contributed by atoms with Crippen molar-refractivity contribution in [3.63, 3.8) is 0 Å². The quantitative estimate of drug-likeness (QED) is 0.721. The first-order valence-corrected chi connectivity index (χ1v) is 7.61. The molecule has 1 aliphatic rings. The Hall–Kier alpha value is -0.550. The van der Waals surface area contributed by atoms with E-state index in [1.807, 2.05) is 0 Å². The number of hydrogen-bond acceptors (Lipinski definition) is 2. The van der Waals surface area contributed by atoms with Gasteiger partial charge in [0.25, 0.3) is 0 Å². The number of rotatable bonds is 4. The Balaban J connectivity index is 2.59. The molecule has 1 fully saturated rings. The van der Waals surface area contributed by atoms with E-state index in [0.717, 1.165) is 31.6 Å². The molecule has 0 aromatic carbocycles. The van der Waals surface area contributed by atoms with E-state index in [1.54, 1.807) is 7.11 Å². The minimum Gasteiger partial charge on any atom is -0.379 e. The molecule has 0 atom stereocenters. The van der Waals surface area contributed by atoms with E-state index in [4.69, 9.17) is 4.74 Å². The lowest BCUT2D eigenvalue weighted by Gasteiger charge is -2.41. The van der Waals surface area contributed by atoms with Gasteiger partial charge in [0.05, 0.1) is 17.1 Å². The molecule has 0 radical (unpaired) electrons. The average molecular weight is 265 g/mol. The molecule has 0 bridgehead atoms. The van der Waals surface area contributed by atoms with Crippen LogP contribution in [0.25, 0.3) is 0 Å². The van der Waals surface area contributed by atoms with Crippen molar-refractivity contribution in [2.45, 2.75) is 78.7 Å². The van der Waals surface area contributed by atoms with Crippen molar-refractivity contribution in [2.75, 3.05) is 7.11 Å². The van der Waals surface area contributed by atoms with Gasteiger partial charge in [0.2, 0.25) is 0 Å². The highest BCUT2D eigenvalue weighted by Crippen LogP contribution is 2.47. The highest BCUT2D eigenvalue weighted by molar-refractivity contribution is 5.03. The molecule has 110 valence electrons. The second kappa shape index (κ2) is 5.83. The maximum atomic E-state index is 9.61. The maximum absolute atomic E-state index is 9.61. The van der Waals surface area contributed by atoms with E-state index >= 15 is 0 Å². The van der Waals surface area contributed by atoms with Gasteiger partial charge < -0.3 is 4.74 Å². The van der Waals surface area contributed by atoms with Crippen LogP contribution in [0.2, 0.25) is 0 Å². The lowest BCUT2D eigenvalue weighted by Crippen LogP contribution is -2.34. The van der Waals surface area contributed by atoms with Gasteiger partial charge >= 0.3 is 0 Å². The van der Waals surface area contributed by atoms with Gasteiger partial charge in [0.15, 0.2) is 0 Å². The number of nitrogens with zero attached hydrogens (tertiary/aromatic N) is 1. The summed E-state index contributed by atoms with van der Waals surface area (Å²) in [7, 11) is 1.76. The van der Waals surface area contributed by atoms with Gasteiger partial charge in [-0.1, -0.05) is 20.8 Å². The third-order valence-electron chi connectivity index (χ3n) is 5.16. The highest BCUT2D eigenvalue weighted by Gasteiger charge is 2.39. The Kier molecular flexibility index (Phi) is 5.07. The fourth-order valence-electron chi connectivity index (χ4n) is 3.10. The van der Waals surface area contributed by atoms with Gasteiger partial charge in [-0.25, -0.2) is 0 Å². The predicted molar refractivity (Wildman–Crippen MR) is 79.8 cm³/mol. The van der Waals surface area contributed by atoms with E-state index < -0.39 is 0 Å².